The molecule has 1 heteroatoms. The minimum Gasteiger partial charge on any atom is -0.496 e. The number of rotatable bonds is 2. The molecule has 0 bridgehead atoms. The van der Waals surface area contributed by atoms with Crippen molar-refractivity contribution < 1.29 is 4.74 Å². The van der Waals surface area contributed by atoms with Gasteiger partial charge in [0, 0.05) is 0 Å². The van der Waals surface area contributed by atoms with Gasteiger partial charge in [-0.3, -0.25) is 0 Å². The molecule has 0 N–H and O–H groups in total. The Morgan fingerprint density at radius 1 is 1.17 bits per heavy atom. The van der Waals surface area contributed by atoms with Crippen LogP contribution in [0.25, 0.3) is 0 Å². The van der Waals surface area contributed by atoms with Gasteiger partial charge < -0.3 is 4.74 Å². The largest absolute Gasteiger partial charge is 0.496 e. The van der Waals surface area contributed by atoms with Crippen molar-refractivity contribution in [2.75, 3.05) is 7.11 Å². The summed E-state index contributed by atoms with van der Waals surface area (Å²) in [5.74, 6) is 1.52. The fourth-order valence-corrected chi connectivity index (χ4v) is 1.14. The van der Waals surface area contributed by atoms with E-state index in [0.29, 0.717) is 5.92 Å². The van der Waals surface area contributed by atoms with Crippen molar-refractivity contribution in [3.05, 3.63) is 29.8 Å². The zero-order valence-corrected chi connectivity index (χ0v) is 7.29. The lowest BCUT2D eigenvalue weighted by Gasteiger charge is -2.10. The average molecular weight is 166 g/mol. The lowest BCUT2D eigenvalue weighted by atomic mass is 10.0. The molecule has 0 radical (unpaired) electrons. The number of hydrogen-bond acceptors (Lipinski definition) is 1. The van der Waals surface area contributed by atoms with E-state index in [-0.39, 0.29) is 7.43 Å². The van der Waals surface area contributed by atoms with Crippen molar-refractivity contribution in [3.8, 4) is 5.75 Å². The smallest absolute Gasteiger partial charge is 0.122 e. The van der Waals surface area contributed by atoms with E-state index in [1.807, 2.05) is 18.2 Å². The summed E-state index contributed by atoms with van der Waals surface area (Å²) in [5, 5.41) is 0. The van der Waals surface area contributed by atoms with E-state index in [4.69, 9.17) is 4.74 Å². The van der Waals surface area contributed by atoms with Crippen LogP contribution in [0.15, 0.2) is 24.3 Å². The van der Waals surface area contributed by atoms with Crippen molar-refractivity contribution in [1.82, 2.24) is 0 Å². The van der Waals surface area contributed by atoms with Gasteiger partial charge in [0.15, 0.2) is 0 Å². The summed E-state index contributed by atoms with van der Waals surface area (Å²) < 4.78 is 5.21. The molecule has 1 aromatic carbocycles. The van der Waals surface area contributed by atoms with Crippen molar-refractivity contribution in [1.29, 1.82) is 0 Å². The van der Waals surface area contributed by atoms with Gasteiger partial charge in [-0.25, -0.2) is 0 Å². The van der Waals surface area contributed by atoms with E-state index in [2.05, 4.69) is 19.9 Å². The summed E-state index contributed by atoms with van der Waals surface area (Å²) in [6.45, 7) is 4.33. The summed E-state index contributed by atoms with van der Waals surface area (Å²) in [5.41, 5.74) is 1.27. The van der Waals surface area contributed by atoms with Crippen LogP contribution in [0.2, 0.25) is 0 Å². The highest BCUT2D eigenvalue weighted by Crippen LogP contribution is 2.24. The van der Waals surface area contributed by atoms with Crippen LogP contribution in [0.5, 0.6) is 5.75 Å². The summed E-state index contributed by atoms with van der Waals surface area (Å²) in [6.07, 6.45) is 0. The number of para-hydroxylation sites is 1. The monoisotopic (exact) mass is 166 g/mol. The van der Waals surface area contributed by atoms with Gasteiger partial charge in [-0.05, 0) is 17.5 Å². The molecule has 0 spiro atoms. The Hall–Kier alpha value is -0.980. The highest BCUT2D eigenvalue weighted by Gasteiger charge is 2.03. The molecule has 0 aliphatic rings. The van der Waals surface area contributed by atoms with Gasteiger partial charge >= 0.3 is 0 Å². The molecule has 0 saturated carbocycles. The van der Waals surface area contributed by atoms with Crippen LogP contribution < -0.4 is 4.74 Å². The minimum atomic E-state index is 0. The fourth-order valence-electron chi connectivity index (χ4n) is 1.14. The highest BCUT2D eigenvalue weighted by molar-refractivity contribution is 5.35. The van der Waals surface area contributed by atoms with Crippen LogP contribution >= 0.6 is 0 Å². The average Bonchev–Trinajstić information content (AvgIpc) is 2.04. The van der Waals surface area contributed by atoms with Crippen LogP contribution in [-0.2, 0) is 0 Å². The topological polar surface area (TPSA) is 9.23 Å². The molecule has 1 aromatic rings. The molecule has 0 unspecified atom stereocenters. The second kappa shape index (κ2) is 4.81. The van der Waals surface area contributed by atoms with Crippen LogP contribution in [0.4, 0.5) is 0 Å². The van der Waals surface area contributed by atoms with E-state index in [0.717, 1.165) is 5.75 Å². The van der Waals surface area contributed by atoms with Crippen LogP contribution in [0, 0.1) is 0 Å². The molecule has 0 aliphatic heterocycles. The molecule has 1 nitrogen and oxygen atoms in total. The third-order valence-corrected chi connectivity index (χ3v) is 1.76. The molecular weight excluding hydrogens is 148 g/mol. The molecule has 0 amide bonds. The summed E-state index contributed by atoms with van der Waals surface area (Å²) in [6, 6.07) is 8.13. The molecule has 0 heterocycles. The van der Waals surface area contributed by atoms with Gasteiger partial charge in [0.25, 0.3) is 0 Å². The lowest BCUT2D eigenvalue weighted by Crippen LogP contribution is -1.92. The third-order valence-electron chi connectivity index (χ3n) is 1.76. The standard InChI is InChI=1S/C10H14O.CH4/c1-8(2)9-6-4-5-7-10(9)11-3;/h4-8H,1-3H3;1H4. The number of ether oxygens (including phenoxy) is 1. The Morgan fingerprint density at radius 3 is 2.17 bits per heavy atom. The maximum atomic E-state index is 5.21. The molecule has 0 fully saturated rings. The maximum absolute atomic E-state index is 5.21. The van der Waals surface area contributed by atoms with E-state index in [1.165, 1.54) is 5.56 Å². The van der Waals surface area contributed by atoms with Gasteiger partial charge in [-0.15, -0.1) is 0 Å². The van der Waals surface area contributed by atoms with E-state index >= 15 is 0 Å². The van der Waals surface area contributed by atoms with Gasteiger partial charge in [0.2, 0.25) is 0 Å². The Labute approximate surface area is 75.4 Å². The van der Waals surface area contributed by atoms with E-state index < -0.39 is 0 Å². The predicted molar refractivity (Wildman–Crippen MR) is 53.8 cm³/mol. The highest BCUT2D eigenvalue weighted by atomic mass is 16.5. The number of hydrogen-bond donors (Lipinski definition) is 0. The minimum absolute atomic E-state index is 0. The molecule has 0 aliphatic carbocycles. The lowest BCUT2D eigenvalue weighted by molar-refractivity contribution is 0.407. The van der Waals surface area contributed by atoms with E-state index in [1.54, 1.807) is 7.11 Å². The first-order valence-corrected chi connectivity index (χ1v) is 3.88. The first-order valence-electron chi connectivity index (χ1n) is 3.88. The second-order valence-electron chi connectivity index (χ2n) is 2.90. The molecule has 0 atom stereocenters. The van der Waals surface area contributed by atoms with Crippen LogP contribution in [0.1, 0.15) is 32.8 Å². The summed E-state index contributed by atoms with van der Waals surface area (Å²) in [4.78, 5) is 0. The van der Waals surface area contributed by atoms with Crippen molar-refractivity contribution >= 4 is 0 Å². The third kappa shape index (κ3) is 2.26. The SMILES string of the molecule is C.COc1ccccc1C(C)C. The molecule has 0 aromatic heterocycles. The number of methoxy groups -OCH3 is 1. The van der Waals surface area contributed by atoms with Gasteiger partial charge in [0.05, 0.1) is 7.11 Å². The van der Waals surface area contributed by atoms with Gasteiger partial charge in [-0.1, -0.05) is 39.5 Å². The Kier molecular flexibility index (Phi) is 4.42. The normalized spacial score (nSPS) is 9.33. The Bertz CT molecular complexity index is 228. The molecule has 1 rings (SSSR count). The summed E-state index contributed by atoms with van der Waals surface area (Å²) >= 11 is 0. The zero-order chi connectivity index (χ0) is 8.27. The molecule has 68 valence electrons. The first-order chi connectivity index (χ1) is 5.25. The Balaban J connectivity index is 0.00000121. The fraction of sp³-hybridized carbons (Fsp3) is 0.455. The predicted octanol–water partition coefficient (Wildman–Crippen LogP) is 3.45. The second-order valence-corrected chi connectivity index (χ2v) is 2.90. The molecule has 0 saturated heterocycles. The van der Waals surface area contributed by atoms with E-state index in [9.17, 15) is 0 Å². The van der Waals surface area contributed by atoms with Crippen molar-refractivity contribution in [3.63, 3.8) is 0 Å². The van der Waals surface area contributed by atoms with Crippen molar-refractivity contribution in [2.45, 2.75) is 27.2 Å². The number of benzene rings is 1. The van der Waals surface area contributed by atoms with Crippen LogP contribution in [0.3, 0.4) is 0 Å². The molecular formula is C11H18O. The Morgan fingerprint density at radius 2 is 1.75 bits per heavy atom. The van der Waals surface area contributed by atoms with Crippen molar-refractivity contribution in [2.24, 2.45) is 0 Å². The maximum Gasteiger partial charge on any atom is 0.122 e. The van der Waals surface area contributed by atoms with Gasteiger partial charge in [0.1, 0.15) is 5.75 Å². The zero-order valence-electron chi connectivity index (χ0n) is 7.29. The van der Waals surface area contributed by atoms with Gasteiger partial charge in [-0.2, -0.15) is 0 Å². The summed E-state index contributed by atoms with van der Waals surface area (Å²) in [7, 11) is 1.71. The quantitative estimate of drug-likeness (QED) is 0.653. The first kappa shape index (κ1) is 11.0. The molecule has 12 heavy (non-hydrogen) atoms. The van der Waals surface area contributed by atoms with Crippen LogP contribution in [-0.4, -0.2) is 7.11 Å².